The third-order valence-corrected chi connectivity index (χ3v) is 2.66. The van der Waals surface area contributed by atoms with E-state index in [1.165, 1.54) is 0 Å². The van der Waals surface area contributed by atoms with Crippen LogP contribution in [0, 0.1) is 5.92 Å². The van der Waals surface area contributed by atoms with Crippen LogP contribution in [0.4, 0.5) is 13.2 Å². The average Bonchev–Trinajstić information content (AvgIpc) is 2.24. The lowest BCUT2D eigenvalue weighted by molar-refractivity contribution is -0.147. The van der Waals surface area contributed by atoms with Gasteiger partial charge < -0.3 is 9.84 Å². The number of rotatable bonds is 4. The number of ether oxygens (including phenoxy) is 1. The maximum absolute atomic E-state index is 12.4. The number of alkyl halides is 3. The molecule has 19 heavy (non-hydrogen) atoms. The second kappa shape index (κ2) is 5.69. The number of aliphatic carboxylic acids is 1. The topological polar surface area (TPSA) is 46.5 Å². The van der Waals surface area contributed by atoms with Crippen LogP contribution in [0.2, 0.25) is 5.02 Å². The highest BCUT2D eigenvalue weighted by Crippen LogP contribution is 2.35. The zero-order valence-electron chi connectivity index (χ0n) is 10.2. The minimum atomic E-state index is -4.51. The Balaban J connectivity index is 3.00. The molecule has 0 bridgehead atoms. The molecule has 1 aromatic rings. The van der Waals surface area contributed by atoms with Gasteiger partial charge in [-0.15, -0.1) is 0 Å². The van der Waals surface area contributed by atoms with Gasteiger partial charge in [0.15, 0.2) is 6.10 Å². The maximum atomic E-state index is 12.4. The lowest BCUT2D eigenvalue weighted by Crippen LogP contribution is -2.32. The van der Waals surface area contributed by atoms with Crippen LogP contribution in [0.15, 0.2) is 18.2 Å². The summed E-state index contributed by atoms with van der Waals surface area (Å²) in [6.45, 7) is 3.24. The fourth-order valence-electron chi connectivity index (χ4n) is 1.38. The first-order valence-electron chi connectivity index (χ1n) is 5.39. The molecular formula is C12H12ClF3O3. The van der Waals surface area contributed by atoms with Crippen LogP contribution in [0.1, 0.15) is 19.4 Å². The number of hydrogen-bond donors (Lipinski definition) is 1. The van der Waals surface area contributed by atoms with Crippen molar-refractivity contribution in [3.8, 4) is 5.75 Å². The number of hydrogen-bond acceptors (Lipinski definition) is 2. The Morgan fingerprint density at radius 2 is 1.95 bits per heavy atom. The van der Waals surface area contributed by atoms with E-state index in [4.69, 9.17) is 21.4 Å². The summed E-state index contributed by atoms with van der Waals surface area (Å²) in [4.78, 5) is 10.9. The van der Waals surface area contributed by atoms with E-state index in [1.54, 1.807) is 13.8 Å². The molecule has 0 fully saturated rings. The van der Waals surface area contributed by atoms with Crippen LogP contribution in [-0.2, 0) is 11.0 Å². The van der Waals surface area contributed by atoms with E-state index in [-0.39, 0.29) is 16.7 Å². The Morgan fingerprint density at radius 3 is 2.32 bits per heavy atom. The molecule has 1 N–H and O–H groups in total. The Morgan fingerprint density at radius 1 is 1.37 bits per heavy atom. The summed E-state index contributed by atoms with van der Waals surface area (Å²) in [5.74, 6) is -1.64. The zero-order chi connectivity index (χ0) is 14.8. The summed E-state index contributed by atoms with van der Waals surface area (Å²) in [6.07, 6.45) is -5.68. The summed E-state index contributed by atoms with van der Waals surface area (Å²) in [7, 11) is 0. The largest absolute Gasteiger partial charge is 0.478 e. The number of halogens is 4. The Kier molecular flexibility index (Phi) is 4.68. The van der Waals surface area contributed by atoms with Crippen molar-refractivity contribution in [2.24, 2.45) is 5.92 Å². The zero-order valence-corrected chi connectivity index (χ0v) is 10.9. The van der Waals surface area contributed by atoms with Gasteiger partial charge in [0, 0.05) is 5.92 Å². The van der Waals surface area contributed by atoms with Crippen LogP contribution < -0.4 is 4.74 Å². The summed E-state index contributed by atoms with van der Waals surface area (Å²) in [6, 6.07) is 2.51. The van der Waals surface area contributed by atoms with Gasteiger partial charge in [0.05, 0.1) is 10.6 Å². The number of carboxylic acid groups (broad SMARTS) is 1. The van der Waals surface area contributed by atoms with Crippen LogP contribution in [0.5, 0.6) is 5.75 Å². The fourth-order valence-corrected chi connectivity index (χ4v) is 1.61. The molecule has 0 aliphatic carbocycles. The highest BCUT2D eigenvalue weighted by Gasteiger charge is 2.31. The van der Waals surface area contributed by atoms with Gasteiger partial charge in [0.1, 0.15) is 5.75 Å². The van der Waals surface area contributed by atoms with Crippen molar-refractivity contribution < 1.29 is 27.8 Å². The molecule has 106 valence electrons. The van der Waals surface area contributed by atoms with Crippen molar-refractivity contribution in [2.45, 2.75) is 26.1 Å². The second-order valence-electron chi connectivity index (χ2n) is 4.26. The van der Waals surface area contributed by atoms with E-state index in [2.05, 4.69) is 0 Å². The molecule has 1 atom stereocenters. The molecule has 0 aliphatic rings. The van der Waals surface area contributed by atoms with Gasteiger partial charge >= 0.3 is 12.1 Å². The number of carbonyl (C=O) groups is 1. The molecule has 0 saturated carbocycles. The smallest absolute Gasteiger partial charge is 0.416 e. The van der Waals surface area contributed by atoms with Crippen molar-refractivity contribution in [2.75, 3.05) is 0 Å². The molecular weight excluding hydrogens is 285 g/mol. The molecule has 7 heteroatoms. The molecule has 0 aliphatic heterocycles. The molecule has 0 saturated heterocycles. The molecule has 1 unspecified atom stereocenters. The third kappa shape index (κ3) is 4.02. The summed E-state index contributed by atoms with van der Waals surface area (Å²) in [5.41, 5.74) is -0.915. The van der Waals surface area contributed by atoms with Gasteiger partial charge in [-0.2, -0.15) is 13.2 Å². The Hall–Kier alpha value is -1.43. The Labute approximate surface area is 112 Å². The fraction of sp³-hybridized carbons (Fsp3) is 0.417. The predicted octanol–water partition coefficient (Wildman–Crippen LogP) is 3.85. The maximum Gasteiger partial charge on any atom is 0.416 e. The van der Waals surface area contributed by atoms with Gasteiger partial charge in [0.2, 0.25) is 0 Å². The van der Waals surface area contributed by atoms with Gasteiger partial charge in [-0.1, -0.05) is 25.4 Å². The predicted molar refractivity (Wildman–Crippen MR) is 63.3 cm³/mol. The third-order valence-electron chi connectivity index (χ3n) is 2.36. The monoisotopic (exact) mass is 296 g/mol. The summed E-state index contributed by atoms with van der Waals surface area (Å²) < 4.78 is 42.4. The number of benzene rings is 1. The van der Waals surface area contributed by atoms with E-state index < -0.39 is 23.8 Å². The highest BCUT2D eigenvalue weighted by atomic mass is 35.5. The lowest BCUT2D eigenvalue weighted by atomic mass is 10.1. The normalized spacial score (nSPS) is 13.4. The lowest BCUT2D eigenvalue weighted by Gasteiger charge is -2.19. The average molecular weight is 297 g/mol. The molecule has 0 heterocycles. The molecule has 0 radical (unpaired) electrons. The van der Waals surface area contributed by atoms with Crippen LogP contribution >= 0.6 is 11.6 Å². The van der Waals surface area contributed by atoms with Crippen molar-refractivity contribution in [3.63, 3.8) is 0 Å². The molecule has 3 nitrogen and oxygen atoms in total. The van der Waals surface area contributed by atoms with Crippen molar-refractivity contribution in [3.05, 3.63) is 28.8 Å². The second-order valence-corrected chi connectivity index (χ2v) is 4.67. The van der Waals surface area contributed by atoms with Crippen LogP contribution in [-0.4, -0.2) is 17.2 Å². The quantitative estimate of drug-likeness (QED) is 0.918. The molecule has 1 rings (SSSR count). The van der Waals surface area contributed by atoms with Crippen LogP contribution in [0.25, 0.3) is 0 Å². The van der Waals surface area contributed by atoms with E-state index in [1.807, 2.05) is 0 Å². The minimum absolute atomic E-state index is 0.0873. The first kappa shape index (κ1) is 15.6. The van der Waals surface area contributed by atoms with Crippen LogP contribution in [0.3, 0.4) is 0 Å². The molecule has 0 aromatic heterocycles. The first-order chi connectivity index (χ1) is 8.62. The highest BCUT2D eigenvalue weighted by molar-refractivity contribution is 6.32. The molecule has 0 spiro atoms. The van der Waals surface area contributed by atoms with E-state index in [0.717, 1.165) is 12.1 Å². The van der Waals surface area contributed by atoms with Gasteiger partial charge in [0.25, 0.3) is 0 Å². The minimum Gasteiger partial charge on any atom is -0.478 e. The molecule has 0 amide bonds. The Bertz CT molecular complexity index is 472. The summed E-state index contributed by atoms with van der Waals surface area (Å²) >= 11 is 5.67. The van der Waals surface area contributed by atoms with E-state index in [9.17, 15) is 18.0 Å². The first-order valence-corrected chi connectivity index (χ1v) is 5.77. The van der Waals surface area contributed by atoms with Gasteiger partial charge in [-0.25, -0.2) is 4.79 Å². The van der Waals surface area contributed by atoms with Gasteiger partial charge in [-0.3, -0.25) is 0 Å². The molecule has 1 aromatic carbocycles. The van der Waals surface area contributed by atoms with Crippen molar-refractivity contribution in [1.82, 2.24) is 0 Å². The van der Waals surface area contributed by atoms with E-state index >= 15 is 0 Å². The van der Waals surface area contributed by atoms with Gasteiger partial charge in [-0.05, 0) is 18.2 Å². The van der Waals surface area contributed by atoms with Crippen molar-refractivity contribution in [1.29, 1.82) is 0 Å². The number of carboxylic acids is 1. The van der Waals surface area contributed by atoms with Crippen molar-refractivity contribution >= 4 is 17.6 Å². The van der Waals surface area contributed by atoms with E-state index in [0.29, 0.717) is 6.07 Å². The standard InChI is InChI=1S/C12H12ClF3O3/c1-6(2)10(11(17)18)19-9-4-3-7(5-8(9)13)12(14,15)16/h3-6,10H,1-2H3,(H,17,18). The summed E-state index contributed by atoms with van der Waals surface area (Å²) in [5, 5.41) is 8.66. The SMILES string of the molecule is CC(C)C(Oc1ccc(C(F)(F)F)cc1Cl)C(=O)O.